The van der Waals surface area contributed by atoms with Gasteiger partial charge in [0.2, 0.25) is 5.95 Å². The second kappa shape index (κ2) is 10.4. The first-order valence-corrected chi connectivity index (χ1v) is 12.6. The molecule has 5 heterocycles. The van der Waals surface area contributed by atoms with Gasteiger partial charge in [0.25, 0.3) is 0 Å². The van der Waals surface area contributed by atoms with Gasteiger partial charge in [0.1, 0.15) is 17.8 Å². The molecular weight excluding hydrogens is 475 g/mol. The lowest BCUT2D eigenvalue weighted by Crippen LogP contribution is -2.46. The molecule has 11 heteroatoms. The van der Waals surface area contributed by atoms with Crippen LogP contribution in [0.2, 0.25) is 0 Å². The zero-order valence-corrected chi connectivity index (χ0v) is 21.6. The Kier molecular flexibility index (Phi) is 7.07. The highest BCUT2D eigenvalue weighted by Crippen LogP contribution is 2.34. The number of aliphatic hydroxyl groups excluding tert-OH is 1. The summed E-state index contributed by atoms with van der Waals surface area (Å²) in [6, 6.07) is 4.00. The van der Waals surface area contributed by atoms with Gasteiger partial charge in [0, 0.05) is 61.5 Å². The number of nitrogens with zero attached hydrogens (tertiary/aromatic N) is 7. The Morgan fingerprint density at radius 1 is 1.24 bits per heavy atom. The predicted molar refractivity (Wildman–Crippen MR) is 141 cm³/mol. The van der Waals surface area contributed by atoms with Crippen molar-refractivity contribution in [2.75, 3.05) is 37.0 Å². The third-order valence-electron chi connectivity index (χ3n) is 6.77. The third-order valence-corrected chi connectivity index (χ3v) is 6.77. The fraction of sp³-hybridized carbons (Fsp3) is 0.462. The summed E-state index contributed by atoms with van der Waals surface area (Å²) in [7, 11) is 1.54. The Balaban J connectivity index is 1.43. The molecule has 0 saturated carbocycles. The minimum atomic E-state index is -1.08. The smallest absolute Gasteiger partial charge is 0.227 e. The molecule has 0 unspecified atom stereocenters. The SMILES string of the molecule is CO[C@H]1CCN(c2nccc(Nc3cc4c(cn3)c(-c3nn(CCO)cc3C)cn4C(C)C)n2)C[C@H]1F. The summed E-state index contributed by atoms with van der Waals surface area (Å²) >= 11 is 0. The molecule has 37 heavy (non-hydrogen) atoms. The van der Waals surface area contributed by atoms with Crippen molar-refractivity contribution in [2.24, 2.45) is 0 Å². The monoisotopic (exact) mass is 508 g/mol. The quantitative estimate of drug-likeness (QED) is 0.369. The van der Waals surface area contributed by atoms with E-state index in [0.717, 1.165) is 27.7 Å². The average molecular weight is 509 g/mol. The number of aryl methyl sites for hydroxylation is 1. The highest BCUT2D eigenvalue weighted by Gasteiger charge is 2.30. The van der Waals surface area contributed by atoms with Gasteiger partial charge in [-0.25, -0.2) is 14.4 Å². The van der Waals surface area contributed by atoms with Crippen molar-refractivity contribution >= 4 is 28.5 Å². The van der Waals surface area contributed by atoms with E-state index in [9.17, 15) is 9.50 Å². The molecule has 1 aliphatic heterocycles. The number of aromatic nitrogens is 6. The molecule has 10 nitrogen and oxygen atoms in total. The fourth-order valence-corrected chi connectivity index (χ4v) is 4.86. The zero-order chi connectivity index (χ0) is 26.1. The number of pyridine rings is 1. The van der Waals surface area contributed by atoms with Gasteiger partial charge in [0.05, 0.1) is 37.0 Å². The van der Waals surface area contributed by atoms with Crippen molar-refractivity contribution in [2.45, 2.75) is 52.1 Å². The van der Waals surface area contributed by atoms with Crippen LogP contribution in [0.4, 0.5) is 22.0 Å². The molecule has 1 saturated heterocycles. The molecule has 196 valence electrons. The van der Waals surface area contributed by atoms with E-state index in [0.29, 0.717) is 37.1 Å². The number of methoxy groups -OCH3 is 1. The number of fused-ring (bicyclic) bond motifs is 1. The first kappa shape index (κ1) is 25.1. The number of nitrogens with one attached hydrogen (secondary N) is 1. The fourth-order valence-electron chi connectivity index (χ4n) is 4.86. The van der Waals surface area contributed by atoms with Crippen LogP contribution in [0.5, 0.6) is 0 Å². The second-order valence-electron chi connectivity index (χ2n) is 9.67. The predicted octanol–water partition coefficient (Wildman–Crippen LogP) is 3.88. The van der Waals surface area contributed by atoms with Gasteiger partial charge in [-0.05, 0) is 38.8 Å². The molecule has 0 aliphatic carbocycles. The molecule has 4 aromatic rings. The number of anilines is 3. The van der Waals surface area contributed by atoms with E-state index < -0.39 is 6.17 Å². The Bertz CT molecular complexity index is 1380. The summed E-state index contributed by atoms with van der Waals surface area (Å²) in [5.41, 5.74) is 3.94. The first-order valence-electron chi connectivity index (χ1n) is 12.6. The topological polar surface area (TPSA) is 106 Å². The molecule has 0 amide bonds. The van der Waals surface area contributed by atoms with Gasteiger partial charge < -0.3 is 24.6 Å². The summed E-state index contributed by atoms with van der Waals surface area (Å²) < 4.78 is 23.6. The lowest BCUT2D eigenvalue weighted by atomic mass is 10.1. The van der Waals surface area contributed by atoms with Crippen molar-refractivity contribution in [1.29, 1.82) is 0 Å². The number of piperidine rings is 1. The molecule has 0 spiro atoms. The highest BCUT2D eigenvalue weighted by molar-refractivity contribution is 5.96. The highest BCUT2D eigenvalue weighted by atomic mass is 19.1. The van der Waals surface area contributed by atoms with Crippen LogP contribution in [-0.4, -0.2) is 73.5 Å². The molecule has 1 fully saturated rings. The van der Waals surface area contributed by atoms with Crippen LogP contribution in [0, 0.1) is 6.92 Å². The van der Waals surface area contributed by atoms with Crippen molar-refractivity contribution in [3.8, 4) is 11.3 Å². The number of ether oxygens (including phenoxy) is 1. The molecule has 0 radical (unpaired) electrons. The van der Waals surface area contributed by atoms with Crippen molar-refractivity contribution < 1.29 is 14.2 Å². The van der Waals surface area contributed by atoms with Crippen molar-refractivity contribution in [3.05, 3.63) is 42.5 Å². The molecule has 0 bridgehead atoms. The minimum Gasteiger partial charge on any atom is -0.394 e. The maximum absolute atomic E-state index is 14.4. The standard InChI is InChI=1S/C26H33FN8O2/c1-16(2)35-14-19(25-17(3)13-34(32-25)9-10-36)18-12-29-24(11-21(18)35)30-23-5-7-28-26(31-23)33-8-6-22(37-4)20(27)15-33/h5,7,11-14,16,20,22,36H,6,8-10,15H2,1-4H3,(H,28,29,30,31)/t20-,22+/m1/s1. The van der Waals surface area contributed by atoms with Crippen LogP contribution in [0.15, 0.2) is 36.9 Å². The number of hydrogen-bond donors (Lipinski definition) is 2. The summed E-state index contributed by atoms with van der Waals surface area (Å²) in [5, 5.41) is 18.3. The van der Waals surface area contributed by atoms with Gasteiger partial charge in [-0.2, -0.15) is 10.1 Å². The number of aliphatic hydroxyl groups is 1. The first-order chi connectivity index (χ1) is 17.9. The molecule has 0 aromatic carbocycles. The number of rotatable bonds is 8. The molecule has 2 N–H and O–H groups in total. The third kappa shape index (κ3) is 5.01. The van der Waals surface area contributed by atoms with Crippen molar-refractivity contribution in [3.63, 3.8) is 0 Å². The maximum Gasteiger partial charge on any atom is 0.227 e. The van der Waals surface area contributed by atoms with E-state index in [-0.39, 0.29) is 25.3 Å². The van der Waals surface area contributed by atoms with Gasteiger partial charge >= 0.3 is 0 Å². The van der Waals surface area contributed by atoms with Crippen LogP contribution in [0.1, 0.15) is 31.9 Å². The maximum atomic E-state index is 14.4. The Morgan fingerprint density at radius 2 is 2.08 bits per heavy atom. The normalized spacial score (nSPS) is 18.2. The Morgan fingerprint density at radius 3 is 2.81 bits per heavy atom. The van der Waals surface area contributed by atoms with E-state index in [1.54, 1.807) is 24.1 Å². The summed E-state index contributed by atoms with van der Waals surface area (Å²) in [4.78, 5) is 15.5. The Labute approximate surface area is 215 Å². The number of alkyl halides is 1. The molecule has 1 aliphatic rings. The summed E-state index contributed by atoms with van der Waals surface area (Å²) in [6.07, 6.45) is 6.69. The van der Waals surface area contributed by atoms with Crippen LogP contribution in [0.25, 0.3) is 22.2 Å². The molecule has 2 atom stereocenters. The van der Waals surface area contributed by atoms with Gasteiger partial charge in [-0.1, -0.05) is 0 Å². The van der Waals surface area contributed by atoms with E-state index in [1.807, 2.05) is 30.3 Å². The van der Waals surface area contributed by atoms with Gasteiger partial charge in [-0.3, -0.25) is 4.68 Å². The number of hydrogen-bond acceptors (Lipinski definition) is 8. The van der Waals surface area contributed by atoms with Gasteiger partial charge in [0.15, 0.2) is 0 Å². The van der Waals surface area contributed by atoms with E-state index >= 15 is 0 Å². The van der Waals surface area contributed by atoms with E-state index in [2.05, 4.69) is 44.9 Å². The largest absolute Gasteiger partial charge is 0.394 e. The Hall–Kier alpha value is -3.57. The van der Waals surface area contributed by atoms with Crippen LogP contribution < -0.4 is 10.2 Å². The summed E-state index contributed by atoms with van der Waals surface area (Å²) in [6.45, 7) is 7.61. The van der Waals surface area contributed by atoms with E-state index in [1.165, 1.54) is 0 Å². The van der Waals surface area contributed by atoms with Crippen LogP contribution >= 0.6 is 0 Å². The second-order valence-corrected chi connectivity index (χ2v) is 9.67. The van der Waals surface area contributed by atoms with E-state index in [4.69, 9.17) is 9.84 Å². The number of halogens is 1. The average Bonchev–Trinajstić information content (AvgIpc) is 3.44. The molecule has 4 aromatic heterocycles. The van der Waals surface area contributed by atoms with Crippen molar-refractivity contribution in [1.82, 2.24) is 29.3 Å². The molecule has 5 rings (SSSR count). The minimum absolute atomic E-state index is 0.0372. The molecular formula is C26H33FN8O2. The van der Waals surface area contributed by atoms with Gasteiger partial charge in [-0.15, -0.1) is 0 Å². The summed E-state index contributed by atoms with van der Waals surface area (Å²) in [5.74, 6) is 1.71. The van der Waals surface area contributed by atoms with Crippen LogP contribution in [0.3, 0.4) is 0 Å². The lowest BCUT2D eigenvalue weighted by molar-refractivity contribution is 0.0194. The van der Waals surface area contributed by atoms with Crippen LogP contribution in [-0.2, 0) is 11.3 Å². The lowest BCUT2D eigenvalue weighted by Gasteiger charge is -2.33. The zero-order valence-electron chi connectivity index (χ0n) is 21.6.